The Morgan fingerprint density at radius 2 is 1.69 bits per heavy atom. The summed E-state index contributed by atoms with van der Waals surface area (Å²) in [6.45, 7) is 2.67. The Morgan fingerprint density at radius 3 is 2.31 bits per heavy atom. The quantitative estimate of drug-likeness (QED) is 0.303. The van der Waals surface area contributed by atoms with E-state index in [1.807, 2.05) is 0 Å². The van der Waals surface area contributed by atoms with Gasteiger partial charge in [0.15, 0.2) is 17.6 Å². The third-order valence-corrected chi connectivity index (χ3v) is 6.43. The maximum atomic E-state index is 13.0. The third kappa shape index (κ3) is 10.3. The van der Waals surface area contributed by atoms with Crippen LogP contribution in [0.1, 0.15) is 44.6 Å². The van der Waals surface area contributed by atoms with Crippen molar-refractivity contribution in [1.29, 1.82) is 0 Å². The van der Waals surface area contributed by atoms with E-state index in [1.54, 1.807) is 31.2 Å². The van der Waals surface area contributed by atoms with Gasteiger partial charge in [0.25, 0.3) is 0 Å². The molecule has 2 aromatic carbocycles. The fourth-order valence-electron chi connectivity index (χ4n) is 4.46. The number of amides is 1. The van der Waals surface area contributed by atoms with E-state index >= 15 is 0 Å². The lowest BCUT2D eigenvalue weighted by Crippen LogP contribution is -2.38. The Bertz CT molecular complexity index is 1060. The fraction of sp³-hybridized carbons (Fsp3) is 0.500. The summed E-state index contributed by atoms with van der Waals surface area (Å²) in [5, 5.41) is 9.26. The zero-order valence-corrected chi connectivity index (χ0v) is 21.8. The number of benzene rings is 2. The van der Waals surface area contributed by atoms with E-state index < -0.39 is 30.3 Å². The SMILES string of the molecule is CCOC(Cc1ccc(OCCN(CCC2CCCC2)C(=O)Oc2ccccc2OC(F)(F)F)cc1)C(=O)O. The molecule has 0 aliphatic heterocycles. The molecule has 8 nitrogen and oxygen atoms in total. The van der Waals surface area contributed by atoms with Crippen molar-refractivity contribution in [2.75, 3.05) is 26.3 Å². The van der Waals surface area contributed by atoms with Gasteiger partial charge in [-0.2, -0.15) is 0 Å². The zero-order chi connectivity index (χ0) is 28.3. The molecule has 0 saturated heterocycles. The molecule has 1 amide bonds. The number of halogens is 3. The van der Waals surface area contributed by atoms with Crippen LogP contribution in [0.4, 0.5) is 18.0 Å². The zero-order valence-electron chi connectivity index (χ0n) is 21.8. The summed E-state index contributed by atoms with van der Waals surface area (Å²) in [4.78, 5) is 25.7. The maximum Gasteiger partial charge on any atom is 0.573 e. The molecule has 11 heteroatoms. The predicted molar refractivity (Wildman–Crippen MR) is 136 cm³/mol. The molecule has 0 radical (unpaired) electrons. The highest BCUT2D eigenvalue weighted by Crippen LogP contribution is 2.32. The lowest BCUT2D eigenvalue weighted by atomic mass is 10.0. The van der Waals surface area contributed by atoms with Crippen LogP contribution in [0, 0.1) is 5.92 Å². The lowest BCUT2D eigenvalue weighted by molar-refractivity contribution is -0.275. The molecule has 0 heterocycles. The van der Waals surface area contributed by atoms with E-state index in [9.17, 15) is 27.9 Å². The van der Waals surface area contributed by atoms with Gasteiger partial charge in [-0.3, -0.25) is 0 Å². The highest BCUT2D eigenvalue weighted by Gasteiger charge is 2.33. The number of aliphatic carboxylic acids is 1. The van der Waals surface area contributed by atoms with Crippen molar-refractivity contribution < 1.29 is 46.8 Å². The number of carboxylic acids is 1. The van der Waals surface area contributed by atoms with Crippen LogP contribution in [0.3, 0.4) is 0 Å². The molecule has 1 N–H and O–H groups in total. The molecule has 0 aromatic heterocycles. The van der Waals surface area contributed by atoms with Gasteiger partial charge in [0, 0.05) is 19.6 Å². The molecule has 1 fully saturated rings. The molecular formula is C28H34F3NO7. The average Bonchev–Trinajstić information content (AvgIpc) is 3.40. The van der Waals surface area contributed by atoms with Crippen molar-refractivity contribution in [3.63, 3.8) is 0 Å². The number of alkyl halides is 3. The summed E-state index contributed by atoms with van der Waals surface area (Å²) in [5.74, 6) is -0.945. The average molecular weight is 554 g/mol. The first-order valence-electron chi connectivity index (χ1n) is 13.0. The van der Waals surface area contributed by atoms with Crippen molar-refractivity contribution >= 4 is 12.1 Å². The van der Waals surface area contributed by atoms with E-state index in [-0.39, 0.29) is 25.3 Å². The molecule has 39 heavy (non-hydrogen) atoms. The van der Waals surface area contributed by atoms with E-state index in [2.05, 4.69) is 4.74 Å². The van der Waals surface area contributed by atoms with Gasteiger partial charge < -0.3 is 29.0 Å². The van der Waals surface area contributed by atoms with Gasteiger partial charge in [-0.1, -0.05) is 49.9 Å². The highest BCUT2D eigenvalue weighted by molar-refractivity contribution is 5.73. The predicted octanol–water partition coefficient (Wildman–Crippen LogP) is 6.08. The Morgan fingerprint density at radius 1 is 1.03 bits per heavy atom. The van der Waals surface area contributed by atoms with Gasteiger partial charge in [-0.05, 0) is 49.1 Å². The second-order valence-electron chi connectivity index (χ2n) is 9.27. The summed E-state index contributed by atoms with van der Waals surface area (Å²) >= 11 is 0. The summed E-state index contributed by atoms with van der Waals surface area (Å²) < 4.78 is 58.6. The number of para-hydroxylation sites is 2. The fourth-order valence-corrected chi connectivity index (χ4v) is 4.46. The van der Waals surface area contributed by atoms with Crippen molar-refractivity contribution in [2.45, 2.75) is 57.9 Å². The number of rotatable bonds is 14. The summed E-state index contributed by atoms with van der Waals surface area (Å²) in [6, 6.07) is 12.0. The lowest BCUT2D eigenvalue weighted by Gasteiger charge is -2.24. The summed E-state index contributed by atoms with van der Waals surface area (Å²) in [5.41, 5.74) is 0.768. The topological polar surface area (TPSA) is 94.5 Å². The smallest absolute Gasteiger partial charge is 0.492 e. The van der Waals surface area contributed by atoms with Gasteiger partial charge in [0.2, 0.25) is 0 Å². The van der Waals surface area contributed by atoms with Gasteiger partial charge >= 0.3 is 18.4 Å². The Hall–Kier alpha value is -3.47. The number of ether oxygens (including phenoxy) is 4. The van der Waals surface area contributed by atoms with E-state index in [0.29, 0.717) is 24.8 Å². The first-order valence-corrected chi connectivity index (χ1v) is 13.0. The van der Waals surface area contributed by atoms with Crippen LogP contribution in [0.5, 0.6) is 17.2 Å². The molecule has 1 saturated carbocycles. The molecule has 1 aliphatic carbocycles. The standard InChI is InChI=1S/C28H34F3NO7/c1-2-36-25(26(33)34)19-21-11-13-22(14-12-21)37-18-17-32(16-15-20-7-3-4-8-20)27(35)38-23-9-5-6-10-24(23)39-28(29,30)31/h5-6,9-14,20,25H,2-4,7-8,15-19H2,1H3,(H,33,34). The Balaban J connectivity index is 1.60. The number of hydrogen-bond donors (Lipinski definition) is 1. The molecule has 1 aliphatic rings. The van der Waals surface area contributed by atoms with Crippen LogP contribution in [0.2, 0.25) is 0 Å². The molecule has 2 aromatic rings. The normalized spacial score (nSPS) is 14.6. The first-order chi connectivity index (χ1) is 18.6. The molecular weight excluding hydrogens is 519 g/mol. The van der Waals surface area contributed by atoms with Crippen molar-refractivity contribution in [3.05, 3.63) is 54.1 Å². The Labute approximate surface area is 225 Å². The molecule has 3 rings (SSSR count). The van der Waals surface area contributed by atoms with E-state index in [4.69, 9.17) is 14.2 Å². The number of nitrogens with zero attached hydrogens (tertiary/aromatic N) is 1. The second-order valence-corrected chi connectivity index (χ2v) is 9.27. The van der Waals surface area contributed by atoms with Crippen molar-refractivity contribution in [2.24, 2.45) is 5.92 Å². The largest absolute Gasteiger partial charge is 0.573 e. The van der Waals surface area contributed by atoms with Crippen LogP contribution in [-0.4, -0.2) is 60.8 Å². The minimum absolute atomic E-state index is 0.122. The van der Waals surface area contributed by atoms with Crippen LogP contribution in [-0.2, 0) is 16.0 Å². The van der Waals surface area contributed by atoms with Crippen LogP contribution >= 0.6 is 0 Å². The molecule has 1 atom stereocenters. The van der Waals surface area contributed by atoms with Gasteiger partial charge in [-0.15, -0.1) is 13.2 Å². The van der Waals surface area contributed by atoms with Crippen LogP contribution in [0.15, 0.2) is 48.5 Å². The van der Waals surface area contributed by atoms with Gasteiger partial charge in [-0.25, -0.2) is 9.59 Å². The van der Waals surface area contributed by atoms with Gasteiger partial charge in [0.05, 0.1) is 6.54 Å². The molecule has 0 spiro atoms. The van der Waals surface area contributed by atoms with Gasteiger partial charge in [0.1, 0.15) is 12.4 Å². The molecule has 214 valence electrons. The second kappa shape index (κ2) is 14.6. The minimum atomic E-state index is -4.92. The third-order valence-electron chi connectivity index (χ3n) is 6.43. The maximum absolute atomic E-state index is 13.0. The summed E-state index contributed by atoms with van der Waals surface area (Å²) in [6.07, 6.45) is -1.22. The monoisotopic (exact) mass is 553 g/mol. The molecule has 0 bridgehead atoms. The first kappa shape index (κ1) is 30.1. The van der Waals surface area contributed by atoms with E-state index in [1.165, 1.54) is 23.1 Å². The number of carboxylic acid groups (broad SMARTS) is 1. The van der Waals surface area contributed by atoms with E-state index in [0.717, 1.165) is 43.7 Å². The van der Waals surface area contributed by atoms with Crippen LogP contribution in [0.25, 0.3) is 0 Å². The van der Waals surface area contributed by atoms with Crippen molar-refractivity contribution in [3.8, 4) is 17.2 Å². The Kier molecular flexibility index (Phi) is 11.3. The summed E-state index contributed by atoms with van der Waals surface area (Å²) in [7, 11) is 0. The van der Waals surface area contributed by atoms with Crippen molar-refractivity contribution in [1.82, 2.24) is 4.90 Å². The molecule has 1 unspecified atom stereocenters. The number of carbonyl (C=O) groups is 2. The van der Waals surface area contributed by atoms with Crippen LogP contribution < -0.4 is 14.2 Å². The number of carbonyl (C=O) groups excluding carboxylic acids is 1. The minimum Gasteiger partial charge on any atom is -0.492 e. The number of hydrogen-bond acceptors (Lipinski definition) is 6. The highest BCUT2D eigenvalue weighted by atomic mass is 19.4.